The summed E-state index contributed by atoms with van der Waals surface area (Å²) in [7, 11) is 63.1. The Morgan fingerprint density at radius 1 is 0.316 bits per heavy atom. The molecule has 9 rings (SSSR count). The highest BCUT2D eigenvalue weighted by Gasteiger charge is 2.22. The summed E-state index contributed by atoms with van der Waals surface area (Å²) in [5, 5.41) is 4.38. The Labute approximate surface area is 345 Å². The van der Waals surface area contributed by atoms with Crippen LogP contribution in [0.5, 0.6) is 0 Å². The van der Waals surface area contributed by atoms with Gasteiger partial charge in [-0.1, -0.05) is 119 Å². The van der Waals surface area contributed by atoms with Crippen LogP contribution in [0.25, 0.3) is 83.0 Å². The Hall–Kier alpha value is -5.60. The summed E-state index contributed by atoms with van der Waals surface area (Å²) >= 11 is 0. The Morgan fingerprint density at radius 2 is 0.649 bits per heavy atom. The molecular formula is C45H20B10N2. The highest BCUT2D eigenvalue weighted by molar-refractivity contribution is 6.69. The first-order chi connectivity index (χ1) is 27.5. The van der Waals surface area contributed by atoms with E-state index < -0.39 is 0 Å². The molecule has 0 unspecified atom stereocenters. The molecule has 20 radical (unpaired) electrons. The monoisotopic (exact) mass is 698 g/mol. The van der Waals surface area contributed by atoms with Gasteiger partial charge in [0, 0.05) is 11.3 Å². The third-order valence-corrected chi connectivity index (χ3v) is 11.0. The van der Waals surface area contributed by atoms with Gasteiger partial charge < -0.3 is 0 Å². The van der Waals surface area contributed by atoms with Crippen LogP contribution >= 0.6 is 0 Å². The van der Waals surface area contributed by atoms with Gasteiger partial charge in [-0.2, -0.15) is 0 Å². The molecule has 8 aromatic carbocycles. The van der Waals surface area contributed by atoms with Gasteiger partial charge in [-0.3, -0.25) is 4.57 Å². The molecule has 12 heteroatoms. The number of benzene rings is 8. The minimum Gasteiger partial charge on any atom is -0.292 e. The number of nitrogens with zero attached hydrogens (tertiary/aromatic N) is 2. The standard InChI is InChI=1S/C45H20B10N2/c46-35-33(36(47)40(51)43(54)39(35)50)23-15-13-21(14-16-23)31-25-7-1-3-9-27(25)32(28-10-4-2-8-26(28)31)22-17-19-24(20-18-22)57-30-12-6-5-11-29(30)56-45(57)34-37(48)41(52)44(55)42(53)38(34)49/h1-20H. The van der Waals surface area contributed by atoms with E-state index in [0.29, 0.717) is 27.9 Å². The maximum absolute atomic E-state index is 6.56. The first kappa shape index (κ1) is 37.0. The molecule has 0 amide bonds. The summed E-state index contributed by atoms with van der Waals surface area (Å²) in [4.78, 5) is 4.96. The van der Waals surface area contributed by atoms with E-state index in [1.165, 1.54) is 0 Å². The highest BCUT2D eigenvalue weighted by atomic mass is 15.1. The number of para-hydroxylation sites is 2. The molecule has 0 atom stereocenters. The van der Waals surface area contributed by atoms with E-state index in [2.05, 4.69) is 84.9 Å². The predicted octanol–water partition coefficient (Wildman–Crippen LogP) is -0.0621. The predicted molar refractivity (Wildman–Crippen MR) is 252 cm³/mol. The van der Waals surface area contributed by atoms with Gasteiger partial charge in [0.2, 0.25) is 0 Å². The zero-order valence-electron chi connectivity index (χ0n) is 30.7. The summed E-state index contributed by atoms with van der Waals surface area (Å²) in [5.41, 5.74) is 10.6. The molecule has 0 saturated carbocycles. The molecular weight excluding hydrogens is 677 g/mol. The number of aromatic nitrogens is 2. The van der Waals surface area contributed by atoms with Crippen LogP contribution in [0.4, 0.5) is 0 Å². The van der Waals surface area contributed by atoms with Crippen LogP contribution in [0, 0.1) is 0 Å². The number of hydrogen-bond donors (Lipinski definition) is 0. The molecule has 1 heterocycles. The molecule has 9 aromatic rings. The molecule has 57 heavy (non-hydrogen) atoms. The minimum atomic E-state index is 0.146. The van der Waals surface area contributed by atoms with Crippen molar-refractivity contribution in [2.24, 2.45) is 0 Å². The molecule has 0 fully saturated rings. The fourth-order valence-corrected chi connectivity index (χ4v) is 8.04. The van der Waals surface area contributed by atoms with E-state index in [1.807, 2.05) is 41.0 Å². The quantitative estimate of drug-likeness (QED) is 0.182. The van der Waals surface area contributed by atoms with Crippen LogP contribution < -0.4 is 54.6 Å². The van der Waals surface area contributed by atoms with Gasteiger partial charge in [-0.15, -0.1) is 32.8 Å². The van der Waals surface area contributed by atoms with Crippen LogP contribution in [0.1, 0.15) is 0 Å². The molecule has 1 aromatic heterocycles. The average Bonchev–Trinajstić information content (AvgIpc) is 3.62. The van der Waals surface area contributed by atoms with Crippen molar-refractivity contribution in [2.45, 2.75) is 0 Å². The third-order valence-electron chi connectivity index (χ3n) is 11.0. The van der Waals surface area contributed by atoms with E-state index >= 15 is 0 Å². The summed E-state index contributed by atoms with van der Waals surface area (Å²) < 4.78 is 2.01. The first-order valence-electron chi connectivity index (χ1n) is 18.1. The molecule has 0 saturated heterocycles. The van der Waals surface area contributed by atoms with Crippen LogP contribution in [-0.4, -0.2) is 88.0 Å². The second-order valence-electron chi connectivity index (χ2n) is 14.1. The van der Waals surface area contributed by atoms with Crippen LogP contribution in [0.15, 0.2) is 121 Å². The van der Waals surface area contributed by atoms with Gasteiger partial charge in [-0.05, 0) is 79.2 Å². The summed E-state index contributed by atoms with van der Waals surface area (Å²) in [6.07, 6.45) is 0. The lowest BCUT2D eigenvalue weighted by Gasteiger charge is -2.22. The summed E-state index contributed by atoms with van der Waals surface area (Å²) in [6.45, 7) is 0. The normalized spacial score (nSPS) is 11.5. The van der Waals surface area contributed by atoms with Gasteiger partial charge in [0.05, 0.1) is 11.0 Å². The highest BCUT2D eigenvalue weighted by Crippen LogP contribution is 2.44. The van der Waals surface area contributed by atoms with Gasteiger partial charge in [0.25, 0.3) is 0 Å². The second kappa shape index (κ2) is 14.1. The SMILES string of the molecule is [B]c1c([B])c([B])c(-c2ccc(-c3c4ccccc4c(-c4ccc(-n5c(-c6c([B])c([B])c([B])c([B])c6[B])nc6ccccc65)cc4)c4ccccc34)cc2)c([B])c1[B]. The zero-order chi connectivity index (χ0) is 39.9. The third kappa shape index (κ3) is 5.74. The maximum atomic E-state index is 6.56. The minimum absolute atomic E-state index is 0.146. The maximum Gasteiger partial charge on any atom is 0.144 e. The van der Waals surface area contributed by atoms with Crippen molar-refractivity contribution >= 4 is 166 Å². The van der Waals surface area contributed by atoms with Crippen LogP contribution in [-0.2, 0) is 0 Å². The van der Waals surface area contributed by atoms with Gasteiger partial charge in [0.15, 0.2) is 0 Å². The van der Waals surface area contributed by atoms with Crippen molar-refractivity contribution in [3.05, 3.63) is 121 Å². The van der Waals surface area contributed by atoms with E-state index in [9.17, 15) is 0 Å². The van der Waals surface area contributed by atoms with Crippen molar-refractivity contribution in [3.8, 4) is 50.5 Å². The zero-order valence-corrected chi connectivity index (χ0v) is 30.7. The molecule has 0 N–H and O–H groups in total. The fraction of sp³-hybridized carbons (Fsp3) is 0. The molecule has 0 aliphatic rings. The molecule has 0 bridgehead atoms. The molecule has 0 aliphatic carbocycles. The van der Waals surface area contributed by atoms with Crippen LogP contribution in [0.3, 0.4) is 0 Å². The van der Waals surface area contributed by atoms with Gasteiger partial charge >= 0.3 is 0 Å². The van der Waals surface area contributed by atoms with E-state index in [4.69, 9.17) is 83.4 Å². The fourth-order valence-electron chi connectivity index (χ4n) is 8.04. The summed E-state index contributed by atoms with van der Waals surface area (Å²) in [5.74, 6) is 0.498. The van der Waals surface area contributed by atoms with Crippen molar-refractivity contribution in [1.29, 1.82) is 0 Å². The Kier molecular flexibility index (Phi) is 9.15. The second-order valence-corrected chi connectivity index (χ2v) is 14.1. The smallest absolute Gasteiger partial charge is 0.144 e. The number of fused-ring (bicyclic) bond motifs is 3. The average molecular weight is 697 g/mol. The molecule has 0 spiro atoms. The Morgan fingerprint density at radius 3 is 1.09 bits per heavy atom. The van der Waals surface area contributed by atoms with Crippen molar-refractivity contribution in [1.82, 2.24) is 9.55 Å². The lowest BCUT2D eigenvalue weighted by molar-refractivity contribution is 1.11. The van der Waals surface area contributed by atoms with Crippen molar-refractivity contribution in [2.75, 3.05) is 0 Å². The molecule has 2 nitrogen and oxygen atoms in total. The van der Waals surface area contributed by atoms with Crippen LogP contribution in [0.2, 0.25) is 0 Å². The lowest BCUT2D eigenvalue weighted by Crippen LogP contribution is -2.55. The first-order valence-corrected chi connectivity index (χ1v) is 18.1. The van der Waals surface area contributed by atoms with Crippen molar-refractivity contribution in [3.63, 3.8) is 0 Å². The molecule has 0 aliphatic heterocycles. The lowest BCUT2D eigenvalue weighted by atomic mass is 9.59. The van der Waals surface area contributed by atoms with Gasteiger partial charge in [-0.25, -0.2) is 4.98 Å². The summed E-state index contributed by atoms with van der Waals surface area (Å²) in [6, 6.07) is 41.1. The van der Waals surface area contributed by atoms with E-state index in [1.54, 1.807) is 0 Å². The Bertz CT molecular complexity index is 3000. The number of hydrogen-bond acceptors (Lipinski definition) is 1. The number of rotatable bonds is 5. The topological polar surface area (TPSA) is 17.8 Å². The Balaban J connectivity index is 1.20. The largest absolute Gasteiger partial charge is 0.292 e. The van der Waals surface area contributed by atoms with Crippen molar-refractivity contribution < 1.29 is 0 Å². The number of imidazole rings is 1. The van der Waals surface area contributed by atoms with E-state index in [-0.39, 0.29) is 43.7 Å². The van der Waals surface area contributed by atoms with Gasteiger partial charge in [0.1, 0.15) is 84.3 Å². The van der Waals surface area contributed by atoms with E-state index in [0.717, 1.165) is 66.1 Å². The molecule has 240 valence electrons.